The number of amides is 1. The van der Waals surface area contributed by atoms with Crippen molar-refractivity contribution in [1.82, 2.24) is 5.32 Å². The molecule has 0 fully saturated rings. The van der Waals surface area contributed by atoms with Gasteiger partial charge >= 0.3 is 0 Å². The Morgan fingerprint density at radius 3 is 2.48 bits per heavy atom. The Balaban J connectivity index is 2.41. The van der Waals surface area contributed by atoms with Gasteiger partial charge in [-0.3, -0.25) is 9.59 Å². The van der Waals surface area contributed by atoms with Gasteiger partial charge in [0, 0.05) is 12.5 Å². The highest BCUT2D eigenvalue weighted by atomic mass is 16.5. The van der Waals surface area contributed by atoms with Crippen molar-refractivity contribution in [3.05, 3.63) is 45.6 Å². The number of fused-ring (bicyclic) bond motifs is 3. The second kappa shape index (κ2) is 8.43. The molecule has 2 aromatic carbocycles. The fourth-order valence-electron chi connectivity index (χ4n) is 3.75. The molecule has 1 amide bonds. The molecule has 0 aromatic heterocycles. The van der Waals surface area contributed by atoms with Gasteiger partial charge in [-0.15, -0.1) is 0 Å². The molecule has 0 aliphatic heterocycles. The molecule has 0 unspecified atom stereocenters. The van der Waals surface area contributed by atoms with Gasteiger partial charge in [0.1, 0.15) is 0 Å². The largest absolute Gasteiger partial charge is 0.493 e. The van der Waals surface area contributed by atoms with E-state index in [9.17, 15) is 9.59 Å². The standard InChI is InChI=1S/C22H25NO6/c1-12(24)23-16-8-6-13-10-19(27-3)21(28-4)22(29-5)20(13)14-7-9-18(26-2)17(25)11-15(14)16/h7,9-11,16H,6,8H2,1-5H3,(H,23,24)/t16-/m0/s1/i4T,5T,8+2. The minimum absolute atomic E-state index is 0.162. The summed E-state index contributed by atoms with van der Waals surface area (Å²) in [6.07, 6.45) is 1.09. The maximum absolute atomic E-state index is 12.7. The van der Waals surface area contributed by atoms with Crippen LogP contribution in [0.4, 0.5) is 0 Å². The van der Waals surface area contributed by atoms with E-state index < -0.39 is 6.04 Å². The zero-order valence-corrected chi connectivity index (χ0v) is 16.7. The van der Waals surface area contributed by atoms with Gasteiger partial charge in [-0.1, -0.05) is 6.07 Å². The van der Waals surface area contributed by atoms with Crippen LogP contribution in [0.15, 0.2) is 29.1 Å². The molecular formula is C22H25NO6. The van der Waals surface area contributed by atoms with Crippen LogP contribution in [0, 0.1) is 0 Å². The molecule has 154 valence electrons. The summed E-state index contributed by atoms with van der Waals surface area (Å²) in [5.74, 6) is 0.810. The van der Waals surface area contributed by atoms with Gasteiger partial charge in [0.05, 0.1) is 37.2 Å². The van der Waals surface area contributed by atoms with Crippen LogP contribution < -0.4 is 29.7 Å². The lowest BCUT2D eigenvalue weighted by Gasteiger charge is -2.19. The number of rotatable bonds is 5. The molecule has 7 nitrogen and oxygen atoms in total. The fraction of sp³-hybridized carbons (Fsp3) is 0.364. The third-order valence-electron chi connectivity index (χ3n) is 4.98. The average Bonchev–Trinajstić information content (AvgIpc) is 2.98. The summed E-state index contributed by atoms with van der Waals surface area (Å²) in [5, 5.41) is 2.92. The molecule has 0 saturated carbocycles. The van der Waals surface area contributed by atoms with Gasteiger partial charge in [0.2, 0.25) is 17.1 Å². The second-order valence-corrected chi connectivity index (χ2v) is 6.63. The first-order valence-electron chi connectivity index (χ1n) is 10.4. The van der Waals surface area contributed by atoms with Crippen LogP contribution in [-0.2, 0) is 11.2 Å². The van der Waals surface area contributed by atoms with Crippen molar-refractivity contribution in [2.24, 2.45) is 0 Å². The molecular weight excluding hydrogens is 376 g/mol. The first-order chi connectivity index (χ1) is 14.9. The summed E-state index contributed by atoms with van der Waals surface area (Å²) in [6, 6.07) is 6.16. The number of hydrogen-bond donors (Lipinski definition) is 1. The van der Waals surface area contributed by atoms with Crippen molar-refractivity contribution in [3.8, 4) is 34.1 Å². The summed E-state index contributed by atoms with van der Waals surface area (Å²) in [7, 11) is 2.16. The molecule has 29 heavy (non-hydrogen) atoms. The van der Waals surface area contributed by atoms with E-state index in [1.807, 2.05) is 0 Å². The lowest BCUT2D eigenvalue weighted by Crippen LogP contribution is -2.26. The molecule has 0 spiro atoms. The van der Waals surface area contributed by atoms with Crippen LogP contribution in [-0.4, -0.2) is 34.3 Å². The smallest absolute Gasteiger partial charge is 0.220 e. The van der Waals surface area contributed by atoms with E-state index in [0.29, 0.717) is 35.3 Å². The molecule has 1 aliphatic rings. The Bertz CT molecular complexity index is 1040. The molecule has 1 aliphatic carbocycles. The molecule has 0 radical (unpaired) electrons. The van der Waals surface area contributed by atoms with E-state index in [1.165, 1.54) is 27.2 Å². The van der Waals surface area contributed by atoms with Gasteiger partial charge in [-0.05, 0) is 47.7 Å². The SMILES string of the molecule is [3H]COc1c(OC)cc2c(c1OC[3H])-c1ccc(OC)c(=O)cc1[C@@H](NC(C)=O)[14CH2]C2. The molecule has 2 aromatic rings. The summed E-state index contributed by atoms with van der Waals surface area (Å²) < 4.78 is 36.9. The first kappa shape index (κ1) is 17.8. The predicted octanol–water partition coefficient (Wildman–Crippen LogP) is 2.87. The number of benzene rings is 1. The number of carbonyl (C=O) groups excluding carboxylic acids is 1. The number of methoxy groups -OCH3 is 4. The monoisotopic (exact) mass is 405 g/mol. The molecule has 7 heteroatoms. The molecule has 1 N–H and O–H groups in total. The minimum Gasteiger partial charge on any atom is -0.493 e. The minimum atomic E-state index is -0.417. The highest BCUT2D eigenvalue weighted by Crippen LogP contribution is 2.50. The van der Waals surface area contributed by atoms with Crippen molar-refractivity contribution in [3.63, 3.8) is 0 Å². The molecule has 0 heterocycles. The zero-order chi connectivity index (χ0) is 22.5. The van der Waals surface area contributed by atoms with Gasteiger partial charge in [0.15, 0.2) is 17.2 Å². The van der Waals surface area contributed by atoms with Crippen molar-refractivity contribution < 1.29 is 26.5 Å². The van der Waals surface area contributed by atoms with Crippen LogP contribution in [0.5, 0.6) is 23.0 Å². The maximum atomic E-state index is 12.7. The van der Waals surface area contributed by atoms with Crippen molar-refractivity contribution in [2.45, 2.75) is 25.8 Å². The average molecular weight is 405 g/mol. The van der Waals surface area contributed by atoms with Gasteiger partial charge in [0.25, 0.3) is 0 Å². The summed E-state index contributed by atoms with van der Waals surface area (Å²) in [5.41, 5.74) is 2.43. The molecule has 3 rings (SSSR count). The Labute approximate surface area is 172 Å². The molecule has 1 atom stereocenters. The van der Waals surface area contributed by atoms with Crippen molar-refractivity contribution >= 4 is 5.91 Å². The van der Waals surface area contributed by atoms with Gasteiger partial charge in [-0.2, -0.15) is 0 Å². The van der Waals surface area contributed by atoms with E-state index in [-0.39, 0.29) is 42.8 Å². The quantitative estimate of drug-likeness (QED) is 0.824. The summed E-state index contributed by atoms with van der Waals surface area (Å²) in [6.45, 7) is 1.43. The fourth-order valence-corrected chi connectivity index (χ4v) is 3.75. The zero-order valence-electron chi connectivity index (χ0n) is 18.7. The maximum Gasteiger partial charge on any atom is 0.220 e. The number of hydrogen-bond acceptors (Lipinski definition) is 6. The van der Waals surface area contributed by atoms with Crippen LogP contribution in [0.1, 0.15) is 33.3 Å². The Hall–Kier alpha value is -3.22. The molecule has 0 bridgehead atoms. The normalized spacial score (nSPS) is 15.6. The van der Waals surface area contributed by atoms with E-state index in [4.69, 9.17) is 21.7 Å². The Morgan fingerprint density at radius 2 is 1.83 bits per heavy atom. The Kier molecular flexibility index (Phi) is 5.19. The lowest BCUT2D eigenvalue weighted by molar-refractivity contribution is -0.119. The first-order valence-corrected chi connectivity index (χ1v) is 9.02. The topological polar surface area (TPSA) is 83.1 Å². The van der Waals surface area contributed by atoms with Crippen LogP contribution in [0.2, 0.25) is 0 Å². The predicted molar refractivity (Wildman–Crippen MR) is 109 cm³/mol. The summed E-state index contributed by atoms with van der Waals surface area (Å²) in [4.78, 5) is 24.6. The van der Waals surface area contributed by atoms with E-state index in [2.05, 4.69) is 5.32 Å². The van der Waals surface area contributed by atoms with Crippen LogP contribution in [0.25, 0.3) is 11.1 Å². The van der Waals surface area contributed by atoms with E-state index >= 15 is 0 Å². The third-order valence-corrected chi connectivity index (χ3v) is 4.98. The second-order valence-electron chi connectivity index (χ2n) is 6.63. The third kappa shape index (κ3) is 3.72. The summed E-state index contributed by atoms with van der Waals surface area (Å²) >= 11 is 0. The highest BCUT2D eigenvalue weighted by molar-refractivity contribution is 5.83. The van der Waals surface area contributed by atoms with Crippen molar-refractivity contribution in [2.75, 3.05) is 28.4 Å². The number of ether oxygens (including phenoxy) is 4. The van der Waals surface area contributed by atoms with Crippen LogP contribution in [0.3, 0.4) is 0 Å². The number of nitrogens with one attached hydrogen (secondary N) is 1. The van der Waals surface area contributed by atoms with E-state index in [0.717, 1.165) is 5.56 Å². The lowest BCUT2D eigenvalue weighted by atomic mass is 9.95. The number of aryl methyl sites for hydroxylation is 1. The molecule has 0 saturated heterocycles. The van der Waals surface area contributed by atoms with Gasteiger partial charge < -0.3 is 24.3 Å². The van der Waals surface area contributed by atoms with E-state index in [1.54, 1.807) is 18.2 Å². The van der Waals surface area contributed by atoms with Gasteiger partial charge in [-0.25, -0.2) is 0 Å². The van der Waals surface area contributed by atoms with Crippen molar-refractivity contribution in [1.29, 1.82) is 0 Å². The highest BCUT2D eigenvalue weighted by Gasteiger charge is 2.29. The number of carbonyl (C=O) groups is 1. The Morgan fingerprint density at radius 1 is 1.10 bits per heavy atom. The van der Waals surface area contributed by atoms with Crippen LogP contribution >= 0.6 is 0 Å².